The van der Waals surface area contributed by atoms with Crippen LogP contribution in [-0.4, -0.2) is 36.8 Å². The number of imidazole rings is 1. The predicted octanol–water partition coefficient (Wildman–Crippen LogP) is 1.27. The summed E-state index contributed by atoms with van der Waals surface area (Å²) in [6, 6.07) is 0. The van der Waals surface area contributed by atoms with Crippen LogP contribution < -0.4 is 4.90 Å². The highest BCUT2D eigenvalue weighted by atomic mass is 16.5. The standard InChI is InChI=1S/C10H17N3O/c1-14-8-9-3-2-6-13(7-9)10-11-4-5-12-10/h4-5,9H,2-3,6-8H2,1H3,(H,11,12). The number of nitrogens with zero attached hydrogens (tertiary/aromatic N) is 2. The molecule has 14 heavy (non-hydrogen) atoms. The highest BCUT2D eigenvalue weighted by molar-refractivity contribution is 5.29. The first-order valence-electron chi connectivity index (χ1n) is 5.13. The topological polar surface area (TPSA) is 41.1 Å². The van der Waals surface area contributed by atoms with Gasteiger partial charge in [0.15, 0.2) is 0 Å². The maximum absolute atomic E-state index is 5.19. The largest absolute Gasteiger partial charge is 0.384 e. The summed E-state index contributed by atoms with van der Waals surface area (Å²) in [7, 11) is 1.77. The van der Waals surface area contributed by atoms with E-state index in [1.165, 1.54) is 12.8 Å². The predicted molar refractivity (Wildman–Crippen MR) is 55.4 cm³/mol. The second kappa shape index (κ2) is 4.46. The van der Waals surface area contributed by atoms with Gasteiger partial charge in [-0.2, -0.15) is 0 Å². The number of hydrogen-bond acceptors (Lipinski definition) is 3. The Morgan fingerprint density at radius 1 is 1.71 bits per heavy atom. The number of aromatic nitrogens is 2. The van der Waals surface area contributed by atoms with E-state index in [1.54, 1.807) is 13.3 Å². The summed E-state index contributed by atoms with van der Waals surface area (Å²) >= 11 is 0. The zero-order valence-electron chi connectivity index (χ0n) is 8.57. The summed E-state index contributed by atoms with van der Waals surface area (Å²) in [6.07, 6.45) is 6.17. The van der Waals surface area contributed by atoms with E-state index in [9.17, 15) is 0 Å². The number of anilines is 1. The summed E-state index contributed by atoms with van der Waals surface area (Å²) < 4.78 is 5.19. The molecule has 0 radical (unpaired) electrons. The number of rotatable bonds is 3. The molecular formula is C10H17N3O. The molecule has 4 nitrogen and oxygen atoms in total. The van der Waals surface area contributed by atoms with Crippen molar-refractivity contribution in [1.82, 2.24) is 9.97 Å². The Bertz CT molecular complexity index is 258. The van der Waals surface area contributed by atoms with Crippen LogP contribution in [0.1, 0.15) is 12.8 Å². The zero-order valence-corrected chi connectivity index (χ0v) is 8.57. The minimum Gasteiger partial charge on any atom is -0.384 e. The maximum Gasteiger partial charge on any atom is 0.202 e. The van der Waals surface area contributed by atoms with E-state index in [4.69, 9.17) is 4.74 Å². The molecule has 1 aliphatic heterocycles. The van der Waals surface area contributed by atoms with Gasteiger partial charge in [0, 0.05) is 32.6 Å². The second-order valence-corrected chi connectivity index (χ2v) is 3.82. The molecule has 1 aromatic heterocycles. The van der Waals surface area contributed by atoms with Gasteiger partial charge in [0.25, 0.3) is 0 Å². The third-order valence-corrected chi connectivity index (χ3v) is 2.70. The van der Waals surface area contributed by atoms with Crippen molar-refractivity contribution in [3.63, 3.8) is 0 Å². The molecule has 78 valence electrons. The number of piperidine rings is 1. The quantitative estimate of drug-likeness (QED) is 0.789. The Kier molecular flexibility index (Phi) is 3.03. The summed E-state index contributed by atoms with van der Waals surface area (Å²) in [5, 5.41) is 0. The van der Waals surface area contributed by atoms with E-state index >= 15 is 0 Å². The second-order valence-electron chi connectivity index (χ2n) is 3.82. The molecule has 1 atom stereocenters. The monoisotopic (exact) mass is 195 g/mol. The fourth-order valence-corrected chi connectivity index (χ4v) is 2.06. The molecule has 1 aliphatic rings. The summed E-state index contributed by atoms with van der Waals surface area (Å²) in [5.41, 5.74) is 0. The zero-order chi connectivity index (χ0) is 9.80. The minimum absolute atomic E-state index is 0.652. The van der Waals surface area contributed by atoms with E-state index in [1.807, 2.05) is 6.20 Å². The van der Waals surface area contributed by atoms with Gasteiger partial charge in [-0.15, -0.1) is 0 Å². The number of nitrogens with one attached hydrogen (secondary N) is 1. The van der Waals surface area contributed by atoms with Crippen molar-refractivity contribution in [3.8, 4) is 0 Å². The molecule has 1 saturated heterocycles. The van der Waals surface area contributed by atoms with E-state index in [0.29, 0.717) is 5.92 Å². The molecule has 1 aromatic rings. The van der Waals surface area contributed by atoms with E-state index in [2.05, 4.69) is 14.9 Å². The number of ether oxygens (including phenoxy) is 1. The molecule has 1 fully saturated rings. The summed E-state index contributed by atoms with van der Waals surface area (Å²) in [6.45, 7) is 3.02. The van der Waals surface area contributed by atoms with Crippen LogP contribution in [0.25, 0.3) is 0 Å². The van der Waals surface area contributed by atoms with Crippen molar-refractivity contribution in [1.29, 1.82) is 0 Å². The van der Waals surface area contributed by atoms with Gasteiger partial charge in [0.05, 0.1) is 6.61 Å². The fourth-order valence-electron chi connectivity index (χ4n) is 2.06. The van der Waals surface area contributed by atoms with Crippen molar-refractivity contribution in [2.45, 2.75) is 12.8 Å². The number of H-pyrrole nitrogens is 1. The Morgan fingerprint density at radius 3 is 3.36 bits per heavy atom. The lowest BCUT2D eigenvalue weighted by molar-refractivity contribution is 0.143. The lowest BCUT2D eigenvalue weighted by Crippen LogP contribution is -2.37. The lowest BCUT2D eigenvalue weighted by Gasteiger charge is -2.32. The van der Waals surface area contributed by atoms with Crippen LogP contribution in [0, 0.1) is 5.92 Å². The van der Waals surface area contributed by atoms with Gasteiger partial charge in [-0.25, -0.2) is 4.98 Å². The third kappa shape index (κ3) is 2.07. The SMILES string of the molecule is COCC1CCCN(c2ncc[nH]2)C1. The van der Waals surface area contributed by atoms with Crippen LogP contribution in [0.5, 0.6) is 0 Å². The highest BCUT2D eigenvalue weighted by Crippen LogP contribution is 2.19. The average Bonchev–Trinajstić information content (AvgIpc) is 2.71. The molecule has 0 aromatic carbocycles. The molecule has 1 unspecified atom stereocenters. The molecular weight excluding hydrogens is 178 g/mol. The molecule has 0 bridgehead atoms. The summed E-state index contributed by atoms with van der Waals surface area (Å²) in [4.78, 5) is 9.71. The van der Waals surface area contributed by atoms with E-state index in [-0.39, 0.29) is 0 Å². The molecule has 0 aliphatic carbocycles. The smallest absolute Gasteiger partial charge is 0.202 e. The number of aromatic amines is 1. The Hall–Kier alpha value is -1.03. The first kappa shape index (κ1) is 9.52. The normalized spacial score (nSPS) is 22.6. The average molecular weight is 195 g/mol. The molecule has 4 heteroatoms. The number of methoxy groups -OCH3 is 1. The van der Waals surface area contributed by atoms with Crippen LogP contribution in [0.3, 0.4) is 0 Å². The van der Waals surface area contributed by atoms with E-state index < -0.39 is 0 Å². The summed E-state index contributed by atoms with van der Waals surface area (Å²) in [5.74, 6) is 1.64. The lowest BCUT2D eigenvalue weighted by atomic mass is 9.99. The van der Waals surface area contributed by atoms with Gasteiger partial charge < -0.3 is 14.6 Å². The van der Waals surface area contributed by atoms with Crippen molar-refractivity contribution in [2.75, 3.05) is 31.7 Å². The van der Waals surface area contributed by atoms with Crippen molar-refractivity contribution >= 4 is 5.95 Å². The van der Waals surface area contributed by atoms with Crippen molar-refractivity contribution in [2.24, 2.45) is 5.92 Å². The minimum atomic E-state index is 0.652. The van der Waals surface area contributed by atoms with Crippen LogP contribution in [0.2, 0.25) is 0 Å². The van der Waals surface area contributed by atoms with Crippen LogP contribution >= 0.6 is 0 Å². The van der Waals surface area contributed by atoms with Crippen molar-refractivity contribution in [3.05, 3.63) is 12.4 Å². The molecule has 1 N–H and O–H groups in total. The molecule has 2 heterocycles. The fraction of sp³-hybridized carbons (Fsp3) is 0.700. The first-order valence-corrected chi connectivity index (χ1v) is 5.13. The van der Waals surface area contributed by atoms with Crippen molar-refractivity contribution < 1.29 is 4.74 Å². The van der Waals surface area contributed by atoms with Gasteiger partial charge in [-0.05, 0) is 18.8 Å². The van der Waals surface area contributed by atoms with Crippen LogP contribution in [0.15, 0.2) is 12.4 Å². The molecule has 0 saturated carbocycles. The van der Waals surface area contributed by atoms with Gasteiger partial charge >= 0.3 is 0 Å². The Labute approximate surface area is 84.3 Å². The van der Waals surface area contributed by atoms with Gasteiger partial charge in [-0.3, -0.25) is 0 Å². The van der Waals surface area contributed by atoms with Gasteiger partial charge in [-0.1, -0.05) is 0 Å². The number of hydrogen-bond donors (Lipinski definition) is 1. The van der Waals surface area contributed by atoms with Crippen LogP contribution in [0.4, 0.5) is 5.95 Å². The highest BCUT2D eigenvalue weighted by Gasteiger charge is 2.20. The van der Waals surface area contributed by atoms with E-state index in [0.717, 1.165) is 25.6 Å². The third-order valence-electron chi connectivity index (χ3n) is 2.70. The Morgan fingerprint density at radius 2 is 2.64 bits per heavy atom. The Balaban J connectivity index is 1.94. The molecule has 0 amide bonds. The first-order chi connectivity index (χ1) is 6.90. The maximum atomic E-state index is 5.19. The van der Waals surface area contributed by atoms with Gasteiger partial charge in [0.2, 0.25) is 5.95 Å². The molecule has 2 rings (SSSR count). The van der Waals surface area contributed by atoms with Crippen LogP contribution in [-0.2, 0) is 4.74 Å². The molecule has 0 spiro atoms. The van der Waals surface area contributed by atoms with Gasteiger partial charge in [0.1, 0.15) is 0 Å².